The second kappa shape index (κ2) is 10.1. The topological polar surface area (TPSA) is 65.9 Å². The van der Waals surface area contributed by atoms with Gasteiger partial charge in [0.25, 0.3) is 11.8 Å². The number of aromatic nitrogens is 1. The molecule has 0 radical (unpaired) electrons. The minimum atomic E-state index is -0.526. The van der Waals surface area contributed by atoms with Gasteiger partial charge in [-0.1, -0.05) is 12.1 Å². The second-order valence-corrected chi connectivity index (χ2v) is 10.4. The monoisotopic (exact) mass is 504 g/mol. The highest BCUT2D eigenvalue weighted by Gasteiger charge is 2.34. The minimum Gasteiger partial charge on any atom is -0.350 e. The predicted molar refractivity (Wildman–Crippen MR) is 140 cm³/mol. The Labute approximate surface area is 216 Å². The van der Waals surface area contributed by atoms with E-state index in [0.717, 1.165) is 23.9 Å². The fourth-order valence-electron chi connectivity index (χ4n) is 5.57. The van der Waals surface area contributed by atoms with Gasteiger partial charge in [0.15, 0.2) is 0 Å². The molecule has 2 fully saturated rings. The Morgan fingerprint density at radius 3 is 2.35 bits per heavy atom. The van der Waals surface area contributed by atoms with Gasteiger partial charge in [-0.05, 0) is 62.6 Å². The summed E-state index contributed by atoms with van der Waals surface area (Å²) in [7, 11) is 1.88. The predicted octanol–water partition coefficient (Wildman–Crippen LogP) is 3.86. The fraction of sp³-hybridized carbons (Fsp3) is 0.414. The molecule has 0 saturated carbocycles. The van der Waals surface area contributed by atoms with Crippen molar-refractivity contribution < 1.29 is 18.8 Å². The highest BCUT2D eigenvalue weighted by atomic mass is 19.1. The van der Waals surface area contributed by atoms with Crippen LogP contribution in [0.3, 0.4) is 0 Å². The van der Waals surface area contributed by atoms with Crippen molar-refractivity contribution in [2.45, 2.75) is 45.3 Å². The van der Waals surface area contributed by atoms with Crippen LogP contribution in [0.1, 0.15) is 53.0 Å². The maximum Gasteiger partial charge on any atom is 0.294 e. The first-order chi connectivity index (χ1) is 17.7. The van der Waals surface area contributed by atoms with Gasteiger partial charge in [-0.25, -0.2) is 4.39 Å². The third kappa shape index (κ3) is 4.90. The van der Waals surface area contributed by atoms with Gasteiger partial charge in [-0.15, -0.1) is 0 Å². The third-order valence-corrected chi connectivity index (χ3v) is 7.74. The molecule has 8 heteroatoms. The molecule has 2 atom stereocenters. The summed E-state index contributed by atoms with van der Waals surface area (Å²) in [6.45, 7) is 7.32. The zero-order valence-electron chi connectivity index (χ0n) is 21.6. The summed E-state index contributed by atoms with van der Waals surface area (Å²) in [6, 6.07) is 11.8. The van der Waals surface area contributed by atoms with Crippen LogP contribution in [-0.4, -0.2) is 75.1 Å². The summed E-state index contributed by atoms with van der Waals surface area (Å²) in [5.41, 5.74) is 2.72. The Morgan fingerprint density at radius 1 is 0.946 bits per heavy atom. The van der Waals surface area contributed by atoms with Crippen molar-refractivity contribution in [3.63, 3.8) is 0 Å². The van der Waals surface area contributed by atoms with Gasteiger partial charge in [0.2, 0.25) is 5.78 Å². The number of halogens is 1. The van der Waals surface area contributed by atoms with Crippen molar-refractivity contribution in [2.75, 3.05) is 26.2 Å². The molecule has 37 heavy (non-hydrogen) atoms. The van der Waals surface area contributed by atoms with E-state index in [1.807, 2.05) is 35.7 Å². The maximum absolute atomic E-state index is 13.8. The summed E-state index contributed by atoms with van der Waals surface area (Å²) in [4.78, 5) is 45.2. The molecule has 2 aliphatic heterocycles. The van der Waals surface area contributed by atoms with Gasteiger partial charge < -0.3 is 14.4 Å². The second-order valence-electron chi connectivity index (χ2n) is 10.4. The van der Waals surface area contributed by atoms with Crippen molar-refractivity contribution in [2.24, 2.45) is 7.05 Å². The molecule has 0 spiro atoms. The van der Waals surface area contributed by atoms with Crippen LogP contribution in [0.4, 0.5) is 4.39 Å². The molecule has 0 N–H and O–H groups in total. The van der Waals surface area contributed by atoms with Crippen LogP contribution in [0, 0.1) is 5.82 Å². The Bertz CT molecular complexity index is 1340. The van der Waals surface area contributed by atoms with E-state index in [4.69, 9.17) is 0 Å². The van der Waals surface area contributed by atoms with E-state index < -0.39 is 11.7 Å². The van der Waals surface area contributed by atoms with E-state index in [1.165, 1.54) is 12.1 Å². The lowest BCUT2D eigenvalue weighted by Crippen LogP contribution is -2.57. The summed E-state index contributed by atoms with van der Waals surface area (Å²) in [6.07, 6.45) is 3.65. The average Bonchev–Trinajstić information content (AvgIpc) is 3.54. The molecule has 7 nitrogen and oxygen atoms in total. The number of nitrogens with zero attached hydrogens (tertiary/aromatic N) is 4. The summed E-state index contributed by atoms with van der Waals surface area (Å²) < 4.78 is 15.2. The molecule has 0 unspecified atom stereocenters. The number of aryl methyl sites for hydroxylation is 1. The smallest absolute Gasteiger partial charge is 0.294 e. The standard InChI is InChI=1S/C29H33FN4O3/c1-19-16-34(20(2)15-33(19)17-21-6-9-23(30)10-7-21)28(36)25-18-31(3)26-11-8-22(14-24(25)26)27(35)29(37)32-12-4-5-13-32/h6-11,14,18-20H,4-5,12-13,15-17H2,1-3H3/t19-,20+/m0/s1. The molecule has 2 aliphatic rings. The van der Waals surface area contributed by atoms with Crippen LogP contribution in [-0.2, 0) is 18.4 Å². The van der Waals surface area contributed by atoms with E-state index in [2.05, 4.69) is 11.8 Å². The van der Waals surface area contributed by atoms with Gasteiger partial charge in [-0.3, -0.25) is 19.3 Å². The summed E-state index contributed by atoms with van der Waals surface area (Å²) in [5.74, 6) is -1.33. The molecular formula is C29H33FN4O3. The Hall–Kier alpha value is -3.52. The molecule has 5 rings (SSSR count). The first-order valence-corrected chi connectivity index (χ1v) is 12.9. The lowest BCUT2D eigenvalue weighted by molar-refractivity contribution is -0.125. The number of amides is 2. The number of rotatable bonds is 5. The zero-order valence-corrected chi connectivity index (χ0v) is 21.6. The molecule has 2 saturated heterocycles. The molecule has 2 aromatic carbocycles. The van der Waals surface area contributed by atoms with E-state index >= 15 is 0 Å². The van der Waals surface area contributed by atoms with Gasteiger partial charge in [-0.2, -0.15) is 0 Å². The number of piperazine rings is 1. The van der Waals surface area contributed by atoms with E-state index in [1.54, 1.807) is 29.2 Å². The van der Waals surface area contributed by atoms with Crippen molar-refractivity contribution in [3.05, 3.63) is 71.2 Å². The van der Waals surface area contributed by atoms with Gasteiger partial charge in [0.1, 0.15) is 5.82 Å². The quantitative estimate of drug-likeness (QED) is 0.391. The number of carbonyl (C=O) groups excluding carboxylic acids is 3. The van der Waals surface area contributed by atoms with Gasteiger partial charge in [0, 0.05) is 74.5 Å². The number of hydrogen-bond donors (Lipinski definition) is 0. The highest BCUT2D eigenvalue weighted by molar-refractivity contribution is 6.43. The molecule has 2 amide bonds. The lowest BCUT2D eigenvalue weighted by atomic mass is 10.0. The molecule has 0 aliphatic carbocycles. The van der Waals surface area contributed by atoms with Crippen molar-refractivity contribution >= 4 is 28.5 Å². The molecule has 3 heterocycles. The zero-order chi connectivity index (χ0) is 26.3. The first kappa shape index (κ1) is 25.1. The SMILES string of the molecule is C[C@@H]1CN(Cc2ccc(F)cc2)[C@@H](C)CN1C(=O)c1cn(C)c2ccc(C(=O)C(=O)N3CCCC3)cc12. The molecule has 194 valence electrons. The minimum absolute atomic E-state index is 0.0269. The maximum atomic E-state index is 13.8. The van der Waals surface area contributed by atoms with Crippen molar-refractivity contribution in [1.82, 2.24) is 19.3 Å². The molecule has 0 bridgehead atoms. The number of likely N-dealkylation sites (tertiary alicyclic amines) is 1. The molecule has 1 aromatic heterocycles. The Morgan fingerprint density at radius 2 is 1.65 bits per heavy atom. The first-order valence-electron chi connectivity index (χ1n) is 12.9. The largest absolute Gasteiger partial charge is 0.350 e. The van der Waals surface area contributed by atoms with Crippen LogP contribution < -0.4 is 0 Å². The van der Waals surface area contributed by atoms with Crippen LogP contribution >= 0.6 is 0 Å². The number of benzene rings is 2. The van der Waals surface area contributed by atoms with Gasteiger partial charge >= 0.3 is 0 Å². The van der Waals surface area contributed by atoms with Crippen LogP contribution in [0.15, 0.2) is 48.7 Å². The normalized spacial score (nSPS) is 20.5. The van der Waals surface area contributed by atoms with E-state index in [0.29, 0.717) is 49.2 Å². The summed E-state index contributed by atoms with van der Waals surface area (Å²) >= 11 is 0. The van der Waals surface area contributed by atoms with E-state index in [9.17, 15) is 18.8 Å². The number of ketones is 1. The fourth-order valence-corrected chi connectivity index (χ4v) is 5.57. The number of fused-ring (bicyclic) bond motifs is 1. The van der Waals surface area contributed by atoms with Gasteiger partial charge in [0.05, 0.1) is 5.56 Å². The number of hydrogen-bond acceptors (Lipinski definition) is 4. The van der Waals surface area contributed by atoms with E-state index in [-0.39, 0.29) is 23.8 Å². The third-order valence-electron chi connectivity index (χ3n) is 7.74. The molecule has 3 aromatic rings. The number of carbonyl (C=O) groups is 3. The van der Waals surface area contributed by atoms with Crippen LogP contribution in [0.2, 0.25) is 0 Å². The van der Waals surface area contributed by atoms with Crippen molar-refractivity contribution in [1.29, 1.82) is 0 Å². The average molecular weight is 505 g/mol. The lowest BCUT2D eigenvalue weighted by Gasteiger charge is -2.44. The van der Waals surface area contributed by atoms with Crippen LogP contribution in [0.5, 0.6) is 0 Å². The molecular weight excluding hydrogens is 471 g/mol. The van der Waals surface area contributed by atoms with Crippen LogP contribution in [0.25, 0.3) is 10.9 Å². The Kier molecular flexibility index (Phi) is 6.86. The Balaban J connectivity index is 1.36. The summed E-state index contributed by atoms with van der Waals surface area (Å²) in [5, 5.41) is 0.682. The highest BCUT2D eigenvalue weighted by Crippen LogP contribution is 2.27. The number of Topliss-reactive ketones (excluding diaryl/α,β-unsaturated/α-hetero) is 1. The van der Waals surface area contributed by atoms with Crippen molar-refractivity contribution in [3.8, 4) is 0 Å².